The van der Waals surface area contributed by atoms with Crippen molar-refractivity contribution in [2.75, 3.05) is 0 Å². The van der Waals surface area contributed by atoms with Crippen LogP contribution in [0.15, 0.2) is 84.9 Å². The van der Waals surface area contributed by atoms with Crippen LogP contribution >= 0.6 is 0 Å². The van der Waals surface area contributed by atoms with Gasteiger partial charge in [-0.05, 0) is 0 Å². The number of hydrogen-bond donors (Lipinski definition) is 0. The van der Waals surface area contributed by atoms with E-state index in [4.69, 9.17) is 0 Å². The summed E-state index contributed by atoms with van der Waals surface area (Å²) in [6.07, 6.45) is 10.4. The maximum atomic E-state index is 2.91. The Bertz CT molecular complexity index is 1830. The molecule has 0 aliphatic heterocycles. The number of rotatable bonds is 4. The molecule has 0 bridgehead atoms. The van der Waals surface area contributed by atoms with Gasteiger partial charge in [0.05, 0.1) is 0 Å². The average molecular weight is 789 g/mol. The van der Waals surface area contributed by atoms with Crippen LogP contribution in [0.5, 0.6) is 0 Å². The van der Waals surface area contributed by atoms with Crippen LogP contribution < -0.4 is 0 Å². The minimum absolute atomic E-state index is 0.256. The first-order chi connectivity index (χ1) is 21.4. The summed E-state index contributed by atoms with van der Waals surface area (Å²) >= 11 is -4.16. The first kappa shape index (κ1) is 33.4. The van der Waals surface area contributed by atoms with Crippen molar-refractivity contribution in [1.82, 2.24) is 0 Å². The number of hydrogen-bond acceptors (Lipinski definition) is 0. The van der Waals surface area contributed by atoms with Crippen molar-refractivity contribution in [3.8, 4) is 22.3 Å². The molecule has 0 amide bonds. The normalized spacial score (nSPS) is 17.8. The van der Waals surface area contributed by atoms with Crippen molar-refractivity contribution in [2.45, 2.75) is 96.0 Å². The number of aryl methyl sites for hydroxylation is 4. The molecule has 2 atom stereocenters. The van der Waals surface area contributed by atoms with Gasteiger partial charge in [-0.2, -0.15) is 0 Å². The fourth-order valence-corrected chi connectivity index (χ4v) is 95.4. The molecule has 238 valence electrons. The van der Waals surface area contributed by atoms with Gasteiger partial charge in [-0.1, -0.05) is 0 Å². The zero-order valence-corrected chi connectivity index (χ0v) is 35.0. The van der Waals surface area contributed by atoms with E-state index in [2.05, 4.69) is 176 Å². The topological polar surface area (TPSA) is 0 Å². The molecular formula is C44H54HfSi. The predicted octanol–water partition coefficient (Wildman–Crippen LogP) is 13.5. The van der Waals surface area contributed by atoms with E-state index in [-0.39, 0.29) is 10.1 Å². The zero-order valence-electron chi connectivity index (χ0n) is 30.4. The van der Waals surface area contributed by atoms with Crippen LogP contribution in [-0.2, 0) is 17.1 Å². The van der Waals surface area contributed by atoms with Crippen LogP contribution in [0.2, 0.25) is 19.4 Å². The van der Waals surface area contributed by atoms with Crippen molar-refractivity contribution in [3.05, 3.63) is 129 Å². The Morgan fingerprint density at radius 3 is 1.20 bits per heavy atom. The van der Waals surface area contributed by atoms with Crippen LogP contribution in [0.1, 0.15) is 93.4 Å². The van der Waals surface area contributed by atoms with E-state index < -0.39 is 22.6 Å². The van der Waals surface area contributed by atoms with Crippen molar-refractivity contribution < 1.29 is 17.1 Å². The third kappa shape index (κ3) is 5.46. The summed E-state index contributed by atoms with van der Waals surface area (Å²) in [5.41, 5.74) is 16.0. The third-order valence-corrected chi connectivity index (χ3v) is 71.3. The molecule has 6 rings (SSSR count). The Balaban J connectivity index is 1.66. The molecule has 2 aliphatic carbocycles. The van der Waals surface area contributed by atoms with Gasteiger partial charge in [-0.3, -0.25) is 0 Å². The average Bonchev–Trinajstić information content (AvgIpc) is 3.56. The first-order valence-electron chi connectivity index (χ1n) is 17.3. The first-order valence-corrected chi connectivity index (χ1v) is 35.5. The van der Waals surface area contributed by atoms with E-state index in [1.807, 2.05) is 0 Å². The molecule has 4 aromatic rings. The van der Waals surface area contributed by atoms with Gasteiger partial charge < -0.3 is 0 Å². The molecule has 0 N–H and O–H groups in total. The summed E-state index contributed by atoms with van der Waals surface area (Å²) in [5, 5.41) is 0.511. The summed E-state index contributed by atoms with van der Waals surface area (Å²) < 4.78 is 6.80. The fraction of sp³-hybridized carbons (Fsp3) is 0.364. The minimum atomic E-state index is -4.16. The van der Waals surface area contributed by atoms with Crippen LogP contribution in [0, 0.1) is 27.7 Å². The Morgan fingerprint density at radius 1 is 0.522 bits per heavy atom. The number of benzene rings is 4. The third-order valence-electron chi connectivity index (χ3n) is 11.1. The van der Waals surface area contributed by atoms with Crippen LogP contribution in [0.4, 0.5) is 0 Å². The second-order valence-corrected chi connectivity index (χ2v) is 62.8. The van der Waals surface area contributed by atoms with Gasteiger partial charge in [-0.15, -0.1) is 0 Å². The van der Waals surface area contributed by atoms with Crippen LogP contribution in [0.25, 0.3) is 34.4 Å². The van der Waals surface area contributed by atoms with E-state index in [0.717, 1.165) is 0 Å². The van der Waals surface area contributed by atoms with Crippen molar-refractivity contribution in [1.29, 1.82) is 0 Å². The Hall–Kier alpha value is -2.55. The Morgan fingerprint density at radius 2 is 0.870 bits per heavy atom. The van der Waals surface area contributed by atoms with Crippen LogP contribution in [-0.4, -0.2) is 5.49 Å². The van der Waals surface area contributed by atoms with E-state index in [1.54, 1.807) is 11.1 Å². The summed E-state index contributed by atoms with van der Waals surface area (Å²) in [7, 11) is 0. The Labute approximate surface area is 280 Å². The van der Waals surface area contributed by atoms with E-state index in [0.29, 0.717) is 7.35 Å². The summed E-state index contributed by atoms with van der Waals surface area (Å²) in [5.74, 6) is 0. The molecule has 4 aromatic carbocycles. The van der Waals surface area contributed by atoms with Gasteiger partial charge in [0.25, 0.3) is 0 Å². The van der Waals surface area contributed by atoms with Crippen molar-refractivity contribution in [2.24, 2.45) is 0 Å². The van der Waals surface area contributed by atoms with Crippen LogP contribution in [0.3, 0.4) is 0 Å². The molecule has 0 nitrogen and oxygen atoms in total. The SMILES string of the molecule is Cc1cc(C)cc(-c2cccc3c2C=C[CH]3[Hf]([CH3])([CH3])([CH]2C=Cc3c(-c4cc(C)cc(C)c4)cccc32)=[Si](C(C)(C)C)C(C)(C)C)c1. The van der Waals surface area contributed by atoms with Gasteiger partial charge in [0.1, 0.15) is 0 Å². The van der Waals surface area contributed by atoms with E-state index in [1.165, 1.54) is 55.6 Å². The molecule has 46 heavy (non-hydrogen) atoms. The summed E-state index contributed by atoms with van der Waals surface area (Å²) in [6, 6.07) is 28.5. The molecular weight excluding hydrogens is 735 g/mol. The standard InChI is InChI=1S/2C17H15.C8H18Si.2CH3.Hf/c2*1-12-9-13(2)11-15(10-12)17-8-4-6-14-5-3-7-16(14)17;1-7(2,3)9-8(4,5)6;;;/h2*3-11H,1-2H3;1-6H3;2*1H3;. The molecule has 2 aliphatic rings. The molecule has 2 heteroatoms. The van der Waals surface area contributed by atoms with Gasteiger partial charge >= 0.3 is 283 Å². The van der Waals surface area contributed by atoms with Crippen molar-refractivity contribution in [3.63, 3.8) is 0 Å². The second kappa shape index (κ2) is 11.3. The molecule has 2 unspecified atom stereocenters. The Kier molecular flexibility index (Phi) is 8.17. The predicted molar refractivity (Wildman–Crippen MR) is 203 cm³/mol. The van der Waals surface area contributed by atoms with Gasteiger partial charge in [0.2, 0.25) is 0 Å². The molecule has 0 fully saturated rings. The number of fused-ring (bicyclic) bond motifs is 2. The summed E-state index contributed by atoms with van der Waals surface area (Å²) in [4.78, 5) is 0. The van der Waals surface area contributed by atoms with Gasteiger partial charge in [-0.25, -0.2) is 0 Å². The zero-order chi connectivity index (χ0) is 33.4. The molecule has 0 heterocycles. The maximum absolute atomic E-state index is 4.16. The monoisotopic (exact) mass is 790 g/mol. The van der Waals surface area contributed by atoms with Crippen molar-refractivity contribution >= 4 is 17.6 Å². The fourth-order valence-electron chi connectivity index (χ4n) is 11.0. The summed E-state index contributed by atoms with van der Waals surface area (Å²) in [6.45, 7) is 24.4. The molecule has 0 saturated heterocycles. The number of allylic oxidation sites excluding steroid dienone is 2. The van der Waals surface area contributed by atoms with Gasteiger partial charge in [0.15, 0.2) is 0 Å². The second-order valence-electron chi connectivity index (χ2n) is 17.5. The van der Waals surface area contributed by atoms with E-state index in [9.17, 15) is 0 Å². The van der Waals surface area contributed by atoms with E-state index >= 15 is 0 Å². The molecule has 0 spiro atoms. The quantitative estimate of drug-likeness (QED) is 0.181. The van der Waals surface area contributed by atoms with Gasteiger partial charge in [0, 0.05) is 0 Å². The molecule has 0 radical (unpaired) electrons. The molecule has 0 saturated carbocycles. The molecule has 0 aromatic heterocycles.